The smallest absolute Gasteiger partial charge is 0.250 e. The van der Waals surface area contributed by atoms with E-state index in [0.29, 0.717) is 0 Å². The van der Waals surface area contributed by atoms with Gasteiger partial charge >= 0.3 is 0 Å². The summed E-state index contributed by atoms with van der Waals surface area (Å²) >= 11 is 3.64. The molecular formula is C18H16BrN5. The number of tetrazole rings is 1. The number of allylic oxidation sites excluding steroid dienone is 2. The Morgan fingerprint density at radius 3 is 2.58 bits per heavy atom. The summed E-state index contributed by atoms with van der Waals surface area (Å²) in [5, 5.41) is 12.4. The Hall–Kier alpha value is -2.47. The Kier molecular flexibility index (Phi) is 3.90. The van der Waals surface area contributed by atoms with E-state index in [4.69, 9.17) is 0 Å². The highest BCUT2D eigenvalue weighted by atomic mass is 79.9. The average molecular weight is 382 g/mol. The van der Waals surface area contributed by atoms with Crippen molar-refractivity contribution in [2.24, 2.45) is 0 Å². The van der Waals surface area contributed by atoms with Crippen molar-refractivity contribution in [1.29, 1.82) is 0 Å². The molecule has 5 nitrogen and oxygen atoms in total. The number of aromatic nitrogens is 4. The minimum atomic E-state index is -0.0161. The van der Waals surface area contributed by atoms with Crippen LogP contribution in [0.3, 0.4) is 0 Å². The van der Waals surface area contributed by atoms with Crippen LogP contribution in [0.25, 0.3) is 0 Å². The number of rotatable bonds is 3. The third-order valence-electron chi connectivity index (χ3n) is 4.21. The maximum atomic E-state index is 4.26. The van der Waals surface area contributed by atoms with Crippen molar-refractivity contribution in [2.45, 2.75) is 19.5 Å². The fourth-order valence-corrected chi connectivity index (χ4v) is 3.51. The summed E-state index contributed by atoms with van der Waals surface area (Å²) in [5.74, 6) is 0.764. The summed E-state index contributed by atoms with van der Waals surface area (Å²) in [5.41, 5.74) is 3.51. The molecule has 2 aromatic carbocycles. The Labute approximate surface area is 148 Å². The van der Waals surface area contributed by atoms with E-state index in [2.05, 4.69) is 67.6 Å². The second-order valence-electron chi connectivity index (χ2n) is 5.77. The van der Waals surface area contributed by atoms with Gasteiger partial charge in [-0.3, -0.25) is 0 Å². The van der Waals surface area contributed by atoms with Crippen molar-refractivity contribution in [3.05, 3.63) is 82.0 Å². The number of benzene rings is 2. The van der Waals surface area contributed by atoms with Crippen LogP contribution < -0.4 is 4.90 Å². The quantitative estimate of drug-likeness (QED) is 0.688. The standard InChI is InChI=1S/C18H16BrN5/c1-13-11-17(15-9-5-6-10-16(15)19)24-18(20-21-22-24)23(13)12-14-7-3-2-4-8-14/h2-11,17H,12H2,1H3. The molecule has 0 fully saturated rings. The topological polar surface area (TPSA) is 46.8 Å². The SMILES string of the molecule is CC1=CC(c2ccccc2Br)n2nnnc2N1Cc1ccccc1. The van der Waals surface area contributed by atoms with Gasteiger partial charge in [0.1, 0.15) is 6.04 Å². The zero-order valence-corrected chi connectivity index (χ0v) is 14.8. The van der Waals surface area contributed by atoms with Crippen LogP contribution in [0.2, 0.25) is 0 Å². The molecule has 0 N–H and O–H groups in total. The fourth-order valence-electron chi connectivity index (χ4n) is 2.99. The van der Waals surface area contributed by atoms with Crippen LogP contribution in [-0.4, -0.2) is 20.2 Å². The molecule has 0 amide bonds. The van der Waals surface area contributed by atoms with Crippen LogP contribution in [-0.2, 0) is 6.54 Å². The highest BCUT2D eigenvalue weighted by Crippen LogP contribution is 2.35. The number of hydrogen-bond donors (Lipinski definition) is 0. The van der Waals surface area contributed by atoms with Crippen molar-refractivity contribution in [3.8, 4) is 0 Å². The first-order chi connectivity index (χ1) is 11.7. The zero-order chi connectivity index (χ0) is 16.5. The van der Waals surface area contributed by atoms with Gasteiger partial charge in [0.25, 0.3) is 5.95 Å². The van der Waals surface area contributed by atoms with Crippen molar-refractivity contribution >= 4 is 21.9 Å². The first-order valence-electron chi connectivity index (χ1n) is 7.76. The molecule has 0 saturated carbocycles. The Bertz CT molecular complexity index is 887. The molecule has 0 radical (unpaired) electrons. The zero-order valence-electron chi connectivity index (χ0n) is 13.2. The summed E-state index contributed by atoms with van der Waals surface area (Å²) < 4.78 is 2.92. The van der Waals surface area contributed by atoms with Gasteiger partial charge in [0.2, 0.25) is 0 Å². The third kappa shape index (κ3) is 2.63. The molecule has 0 saturated heterocycles. The molecular weight excluding hydrogens is 366 g/mol. The molecule has 1 atom stereocenters. The predicted octanol–water partition coefficient (Wildman–Crippen LogP) is 3.95. The number of halogens is 1. The molecule has 0 aliphatic carbocycles. The lowest BCUT2D eigenvalue weighted by Crippen LogP contribution is -2.30. The van der Waals surface area contributed by atoms with Crippen molar-refractivity contribution < 1.29 is 0 Å². The van der Waals surface area contributed by atoms with E-state index in [0.717, 1.165) is 28.2 Å². The van der Waals surface area contributed by atoms with E-state index in [9.17, 15) is 0 Å². The van der Waals surface area contributed by atoms with E-state index in [1.54, 1.807) is 0 Å². The molecule has 6 heteroatoms. The van der Waals surface area contributed by atoms with E-state index in [-0.39, 0.29) is 6.04 Å². The summed E-state index contributed by atoms with van der Waals surface area (Å²) in [6, 6.07) is 18.5. The van der Waals surface area contributed by atoms with E-state index in [1.807, 2.05) is 41.1 Å². The van der Waals surface area contributed by atoms with E-state index < -0.39 is 0 Å². The lowest BCUT2D eigenvalue weighted by atomic mass is 10.0. The number of nitrogens with zero attached hydrogens (tertiary/aromatic N) is 5. The predicted molar refractivity (Wildman–Crippen MR) is 96.5 cm³/mol. The van der Waals surface area contributed by atoms with Crippen LogP contribution in [0.1, 0.15) is 24.1 Å². The Morgan fingerprint density at radius 2 is 1.79 bits per heavy atom. The largest absolute Gasteiger partial charge is 0.309 e. The monoisotopic (exact) mass is 381 g/mol. The normalized spacial score (nSPS) is 16.7. The number of hydrogen-bond acceptors (Lipinski definition) is 4. The molecule has 1 aliphatic heterocycles. The van der Waals surface area contributed by atoms with Crippen LogP contribution in [0.15, 0.2) is 70.8 Å². The Morgan fingerprint density at radius 1 is 1.04 bits per heavy atom. The fraction of sp³-hybridized carbons (Fsp3) is 0.167. The van der Waals surface area contributed by atoms with Gasteiger partial charge in [-0.1, -0.05) is 69.6 Å². The van der Waals surface area contributed by atoms with E-state index >= 15 is 0 Å². The van der Waals surface area contributed by atoms with Crippen LogP contribution in [0.4, 0.5) is 5.95 Å². The van der Waals surface area contributed by atoms with Gasteiger partial charge < -0.3 is 4.90 Å². The molecule has 1 unspecified atom stereocenters. The van der Waals surface area contributed by atoms with Crippen LogP contribution >= 0.6 is 15.9 Å². The van der Waals surface area contributed by atoms with Gasteiger partial charge in [-0.2, -0.15) is 4.68 Å². The average Bonchev–Trinajstić information content (AvgIpc) is 3.08. The highest BCUT2D eigenvalue weighted by Gasteiger charge is 2.28. The highest BCUT2D eigenvalue weighted by molar-refractivity contribution is 9.10. The lowest BCUT2D eigenvalue weighted by Gasteiger charge is -2.31. The van der Waals surface area contributed by atoms with Gasteiger partial charge in [0, 0.05) is 10.2 Å². The second kappa shape index (κ2) is 6.20. The summed E-state index contributed by atoms with van der Waals surface area (Å²) in [6.07, 6.45) is 2.20. The van der Waals surface area contributed by atoms with E-state index in [1.165, 1.54) is 5.56 Å². The molecule has 0 spiro atoms. The summed E-state index contributed by atoms with van der Waals surface area (Å²) in [6.45, 7) is 2.84. The molecule has 2 heterocycles. The van der Waals surface area contributed by atoms with Gasteiger partial charge in [-0.05, 0) is 40.6 Å². The van der Waals surface area contributed by atoms with Crippen molar-refractivity contribution in [1.82, 2.24) is 20.2 Å². The number of fused-ring (bicyclic) bond motifs is 1. The molecule has 1 aromatic heterocycles. The maximum absolute atomic E-state index is 4.26. The minimum absolute atomic E-state index is 0.0161. The summed E-state index contributed by atoms with van der Waals surface area (Å²) in [4.78, 5) is 2.14. The van der Waals surface area contributed by atoms with Crippen molar-refractivity contribution in [3.63, 3.8) is 0 Å². The molecule has 1 aliphatic rings. The number of anilines is 1. The van der Waals surface area contributed by atoms with Crippen LogP contribution in [0, 0.1) is 0 Å². The minimum Gasteiger partial charge on any atom is -0.309 e. The second-order valence-corrected chi connectivity index (χ2v) is 6.62. The molecule has 3 aromatic rings. The van der Waals surface area contributed by atoms with Gasteiger partial charge in [-0.25, -0.2) is 0 Å². The molecule has 120 valence electrons. The first-order valence-corrected chi connectivity index (χ1v) is 8.55. The molecule has 0 bridgehead atoms. The molecule has 24 heavy (non-hydrogen) atoms. The molecule has 4 rings (SSSR count). The van der Waals surface area contributed by atoms with Crippen molar-refractivity contribution in [2.75, 3.05) is 4.90 Å². The van der Waals surface area contributed by atoms with Gasteiger partial charge in [-0.15, -0.1) is 0 Å². The first kappa shape index (κ1) is 15.1. The lowest BCUT2D eigenvalue weighted by molar-refractivity contribution is 0.557. The Balaban J connectivity index is 1.75. The van der Waals surface area contributed by atoms with Gasteiger partial charge in [0.15, 0.2) is 0 Å². The third-order valence-corrected chi connectivity index (χ3v) is 4.93. The maximum Gasteiger partial charge on any atom is 0.250 e. The van der Waals surface area contributed by atoms with Gasteiger partial charge in [0.05, 0.1) is 6.54 Å². The summed E-state index contributed by atoms with van der Waals surface area (Å²) in [7, 11) is 0. The van der Waals surface area contributed by atoms with Crippen LogP contribution in [0.5, 0.6) is 0 Å².